The van der Waals surface area contributed by atoms with Gasteiger partial charge < -0.3 is 4.90 Å². The highest BCUT2D eigenvalue weighted by Crippen LogP contribution is 2.27. The van der Waals surface area contributed by atoms with Gasteiger partial charge in [0, 0.05) is 25.2 Å². The first kappa shape index (κ1) is 13.0. The predicted octanol–water partition coefficient (Wildman–Crippen LogP) is 2.30. The van der Waals surface area contributed by atoms with Crippen LogP contribution in [-0.4, -0.2) is 49.1 Å². The Morgan fingerprint density at radius 1 is 1.13 bits per heavy atom. The van der Waals surface area contributed by atoms with Crippen molar-refractivity contribution in [2.24, 2.45) is 11.8 Å². The van der Waals surface area contributed by atoms with Gasteiger partial charge in [0.05, 0.1) is 0 Å². The van der Waals surface area contributed by atoms with Gasteiger partial charge in [-0.1, -0.05) is 13.8 Å². The van der Waals surface area contributed by atoms with Crippen molar-refractivity contribution in [3.8, 4) is 0 Å². The van der Waals surface area contributed by atoms with Gasteiger partial charge in [0.15, 0.2) is 0 Å². The van der Waals surface area contributed by atoms with Crippen molar-refractivity contribution in [3.05, 3.63) is 0 Å². The van der Waals surface area contributed by atoms with Crippen molar-refractivity contribution in [2.75, 3.05) is 27.2 Å². The lowest BCUT2D eigenvalue weighted by atomic mass is 9.92. The molecule has 0 amide bonds. The largest absolute Gasteiger partial charge is 0.305 e. The van der Waals surface area contributed by atoms with Crippen LogP contribution < -0.4 is 0 Å². The van der Waals surface area contributed by atoms with Crippen LogP contribution in [0, 0.1) is 11.8 Å². The molecule has 0 N–H and O–H groups in total. The second-order valence-electron chi connectivity index (χ2n) is 5.97. The van der Waals surface area contributed by atoms with Crippen LogP contribution in [0.5, 0.6) is 0 Å². The predicted molar refractivity (Wildman–Crippen MR) is 67.1 cm³/mol. The third-order valence-electron chi connectivity index (χ3n) is 3.60. The summed E-state index contributed by atoms with van der Waals surface area (Å²) in [5.74, 6) is 1.69. The van der Waals surface area contributed by atoms with Crippen LogP contribution >= 0.6 is 0 Å². The summed E-state index contributed by atoms with van der Waals surface area (Å²) in [6, 6.07) is 1.46. The van der Waals surface area contributed by atoms with Crippen LogP contribution in [-0.2, 0) is 0 Å². The quantitative estimate of drug-likeness (QED) is 0.705. The van der Waals surface area contributed by atoms with E-state index in [4.69, 9.17) is 0 Å². The average molecular weight is 212 g/mol. The van der Waals surface area contributed by atoms with Crippen LogP contribution in [0.25, 0.3) is 0 Å². The maximum atomic E-state index is 2.62. The van der Waals surface area contributed by atoms with E-state index in [1.807, 2.05) is 0 Å². The van der Waals surface area contributed by atoms with Crippen molar-refractivity contribution < 1.29 is 0 Å². The molecule has 90 valence electrons. The molecule has 15 heavy (non-hydrogen) atoms. The molecule has 1 heterocycles. The van der Waals surface area contributed by atoms with Gasteiger partial charge in [0.25, 0.3) is 0 Å². The van der Waals surface area contributed by atoms with Gasteiger partial charge in [-0.05, 0) is 46.2 Å². The zero-order valence-electron chi connectivity index (χ0n) is 11.3. The molecule has 1 saturated heterocycles. The molecule has 2 nitrogen and oxygen atoms in total. The molecule has 1 fully saturated rings. The van der Waals surface area contributed by atoms with Gasteiger partial charge in [-0.3, -0.25) is 4.90 Å². The Morgan fingerprint density at radius 2 is 1.73 bits per heavy atom. The number of rotatable bonds is 4. The summed E-state index contributed by atoms with van der Waals surface area (Å²) in [4.78, 5) is 5.03. The monoisotopic (exact) mass is 212 g/mol. The summed E-state index contributed by atoms with van der Waals surface area (Å²) in [5.41, 5.74) is 0. The van der Waals surface area contributed by atoms with E-state index in [2.05, 4.69) is 51.6 Å². The number of likely N-dealkylation sites (N-methyl/N-ethyl adjacent to an activating group) is 1. The van der Waals surface area contributed by atoms with Gasteiger partial charge in [-0.15, -0.1) is 0 Å². The van der Waals surface area contributed by atoms with E-state index >= 15 is 0 Å². The van der Waals surface area contributed by atoms with E-state index in [1.165, 1.54) is 19.5 Å². The van der Waals surface area contributed by atoms with Crippen LogP contribution in [0.4, 0.5) is 0 Å². The second kappa shape index (κ2) is 5.31. The van der Waals surface area contributed by atoms with Gasteiger partial charge in [0.1, 0.15) is 0 Å². The van der Waals surface area contributed by atoms with E-state index < -0.39 is 0 Å². The molecule has 0 aromatic heterocycles. The fourth-order valence-electron chi connectivity index (χ4n) is 2.73. The molecule has 1 aliphatic heterocycles. The van der Waals surface area contributed by atoms with Gasteiger partial charge >= 0.3 is 0 Å². The average Bonchev–Trinajstić information content (AvgIpc) is 2.46. The molecule has 0 spiro atoms. The van der Waals surface area contributed by atoms with E-state index in [0.717, 1.165) is 17.9 Å². The van der Waals surface area contributed by atoms with Gasteiger partial charge in [-0.2, -0.15) is 0 Å². The van der Waals surface area contributed by atoms with Crippen molar-refractivity contribution in [1.82, 2.24) is 9.80 Å². The lowest BCUT2D eigenvalue weighted by Gasteiger charge is -2.26. The molecule has 2 atom stereocenters. The Morgan fingerprint density at radius 3 is 2.13 bits per heavy atom. The van der Waals surface area contributed by atoms with Crippen molar-refractivity contribution in [3.63, 3.8) is 0 Å². The number of hydrogen-bond acceptors (Lipinski definition) is 2. The zero-order chi connectivity index (χ0) is 11.6. The molecule has 2 heteroatoms. The number of hydrogen-bond donors (Lipinski definition) is 0. The Bertz CT molecular complexity index is 187. The highest BCUT2D eigenvalue weighted by molar-refractivity contribution is 4.90. The van der Waals surface area contributed by atoms with Crippen molar-refractivity contribution in [2.45, 2.75) is 46.2 Å². The van der Waals surface area contributed by atoms with Crippen molar-refractivity contribution >= 4 is 0 Å². The van der Waals surface area contributed by atoms with E-state index in [-0.39, 0.29) is 0 Å². The molecule has 0 aromatic carbocycles. The summed E-state index contributed by atoms with van der Waals surface area (Å²) in [7, 11) is 4.45. The highest BCUT2D eigenvalue weighted by atomic mass is 15.3. The van der Waals surface area contributed by atoms with Crippen molar-refractivity contribution in [1.29, 1.82) is 0 Å². The summed E-state index contributed by atoms with van der Waals surface area (Å²) in [5, 5.41) is 0. The standard InChI is InChI=1S/C13H28N2/c1-10(2)7-12-8-15(11(3)4)9-13(12)14(5)6/h10-13H,7-9H2,1-6H3/t12-,13+/m1/s1. The molecule has 0 aliphatic carbocycles. The first-order chi connectivity index (χ1) is 6.91. The fourth-order valence-corrected chi connectivity index (χ4v) is 2.73. The van der Waals surface area contributed by atoms with E-state index in [0.29, 0.717) is 6.04 Å². The summed E-state index contributed by atoms with van der Waals surface area (Å²) in [6.45, 7) is 11.8. The summed E-state index contributed by atoms with van der Waals surface area (Å²) >= 11 is 0. The molecule has 0 unspecified atom stereocenters. The molecule has 0 saturated carbocycles. The van der Waals surface area contributed by atoms with Gasteiger partial charge in [0.2, 0.25) is 0 Å². The SMILES string of the molecule is CC(C)C[C@@H]1CN(C(C)C)C[C@@H]1N(C)C. The first-order valence-electron chi connectivity index (χ1n) is 6.32. The first-order valence-corrected chi connectivity index (χ1v) is 6.32. The maximum Gasteiger partial charge on any atom is 0.0257 e. The lowest BCUT2D eigenvalue weighted by molar-refractivity contribution is 0.224. The van der Waals surface area contributed by atoms with E-state index in [9.17, 15) is 0 Å². The number of likely N-dealkylation sites (tertiary alicyclic amines) is 1. The molecule has 1 rings (SSSR count). The minimum atomic E-state index is 0.699. The molecular weight excluding hydrogens is 184 g/mol. The van der Waals surface area contributed by atoms with Crippen LogP contribution in [0.15, 0.2) is 0 Å². The molecule has 1 aliphatic rings. The third-order valence-corrected chi connectivity index (χ3v) is 3.60. The Labute approximate surface area is 95.6 Å². The topological polar surface area (TPSA) is 6.48 Å². The van der Waals surface area contributed by atoms with E-state index in [1.54, 1.807) is 0 Å². The summed E-state index contributed by atoms with van der Waals surface area (Å²) < 4.78 is 0. The summed E-state index contributed by atoms with van der Waals surface area (Å²) in [6.07, 6.45) is 1.37. The smallest absolute Gasteiger partial charge is 0.0257 e. The third kappa shape index (κ3) is 3.46. The zero-order valence-corrected chi connectivity index (χ0v) is 11.3. The van der Waals surface area contributed by atoms with Gasteiger partial charge in [-0.25, -0.2) is 0 Å². The van der Waals surface area contributed by atoms with Crippen LogP contribution in [0.3, 0.4) is 0 Å². The molecule has 0 bridgehead atoms. The molecule has 0 radical (unpaired) electrons. The van der Waals surface area contributed by atoms with Crippen LogP contribution in [0.1, 0.15) is 34.1 Å². The minimum absolute atomic E-state index is 0.699. The fraction of sp³-hybridized carbons (Fsp3) is 1.00. The lowest BCUT2D eigenvalue weighted by Crippen LogP contribution is -2.36. The number of nitrogens with zero attached hydrogens (tertiary/aromatic N) is 2. The Balaban J connectivity index is 2.59. The maximum absolute atomic E-state index is 2.62. The molecular formula is C13H28N2. The Kier molecular flexibility index (Phi) is 4.60. The normalized spacial score (nSPS) is 28.6. The Hall–Kier alpha value is -0.0800. The van der Waals surface area contributed by atoms with Crippen LogP contribution in [0.2, 0.25) is 0 Å². The molecule has 0 aromatic rings. The minimum Gasteiger partial charge on any atom is -0.305 e. The highest BCUT2D eigenvalue weighted by Gasteiger charge is 2.34. The second-order valence-corrected chi connectivity index (χ2v) is 5.97.